The van der Waals surface area contributed by atoms with Crippen molar-refractivity contribution in [2.45, 2.75) is 44.7 Å². The molecule has 0 saturated carbocycles. The molecule has 1 unspecified atom stereocenters. The highest BCUT2D eigenvalue weighted by atomic mass is 28.4. The van der Waals surface area contributed by atoms with Gasteiger partial charge in [0, 0.05) is 0 Å². The van der Waals surface area contributed by atoms with Gasteiger partial charge < -0.3 is 9.16 Å². The van der Waals surface area contributed by atoms with Crippen molar-refractivity contribution in [3.8, 4) is 0 Å². The molecule has 1 saturated heterocycles. The zero-order chi connectivity index (χ0) is 17.4. The van der Waals surface area contributed by atoms with E-state index in [1.807, 2.05) is 0 Å². The van der Waals surface area contributed by atoms with Gasteiger partial charge in [-0.3, -0.25) is 0 Å². The Hall–Kier alpha value is -1.42. The molecule has 2 nitrogen and oxygen atoms in total. The molecule has 128 valence electrons. The normalized spacial score (nSPS) is 23.1. The van der Waals surface area contributed by atoms with Gasteiger partial charge >= 0.3 is 0 Å². The molecule has 0 N–H and O–H groups in total. The van der Waals surface area contributed by atoms with Crippen molar-refractivity contribution < 1.29 is 9.16 Å². The highest BCUT2D eigenvalue weighted by Gasteiger charge is 2.66. The van der Waals surface area contributed by atoms with Crippen LogP contribution in [0.4, 0.5) is 0 Å². The Balaban J connectivity index is 2.22. The van der Waals surface area contributed by atoms with Crippen molar-refractivity contribution in [1.82, 2.24) is 0 Å². The van der Waals surface area contributed by atoms with Gasteiger partial charge in [0.15, 0.2) is 8.32 Å². The maximum atomic E-state index is 6.86. The second-order valence-electron chi connectivity index (χ2n) is 7.96. The van der Waals surface area contributed by atoms with E-state index in [0.29, 0.717) is 12.5 Å². The van der Waals surface area contributed by atoms with Crippen molar-refractivity contribution >= 4 is 8.32 Å². The van der Waals surface area contributed by atoms with E-state index in [0.717, 1.165) is 0 Å². The minimum absolute atomic E-state index is 0.333. The van der Waals surface area contributed by atoms with Crippen molar-refractivity contribution in [1.29, 1.82) is 0 Å². The fourth-order valence-electron chi connectivity index (χ4n) is 3.87. The van der Waals surface area contributed by atoms with Crippen molar-refractivity contribution in [3.63, 3.8) is 0 Å². The van der Waals surface area contributed by atoms with E-state index < -0.39 is 13.9 Å². The second-order valence-corrected chi connectivity index (χ2v) is 12.4. The van der Waals surface area contributed by atoms with Gasteiger partial charge in [-0.05, 0) is 36.7 Å². The van der Waals surface area contributed by atoms with Gasteiger partial charge in [-0.2, -0.15) is 0 Å². The van der Waals surface area contributed by atoms with Crippen molar-refractivity contribution in [2.24, 2.45) is 5.92 Å². The third kappa shape index (κ3) is 2.65. The highest BCUT2D eigenvalue weighted by molar-refractivity contribution is 6.69. The maximum absolute atomic E-state index is 6.86. The van der Waals surface area contributed by atoms with Crippen LogP contribution in [0.25, 0.3) is 0 Å². The van der Waals surface area contributed by atoms with Gasteiger partial charge in [-0.1, -0.05) is 74.5 Å². The van der Waals surface area contributed by atoms with Crippen molar-refractivity contribution in [3.05, 3.63) is 71.8 Å². The van der Waals surface area contributed by atoms with Gasteiger partial charge in [0.25, 0.3) is 0 Å². The first-order valence-electron chi connectivity index (χ1n) is 8.77. The average molecular weight is 341 g/mol. The van der Waals surface area contributed by atoms with Crippen LogP contribution in [0.2, 0.25) is 19.6 Å². The Kier molecular flexibility index (Phi) is 4.45. The number of benzene rings is 2. The van der Waals surface area contributed by atoms with E-state index >= 15 is 0 Å². The molecule has 3 rings (SSSR count). The summed E-state index contributed by atoms with van der Waals surface area (Å²) in [5.74, 6) is 0.346. The van der Waals surface area contributed by atoms with E-state index in [-0.39, 0.29) is 5.60 Å². The predicted octanol–water partition coefficient (Wildman–Crippen LogP) is 5.21. The summed E-state index contributed by atoms with van der Waals surface area (Å²) >= 11 is 0. The van der Waals surface area contributed by atoms with E-state index in [1.54, 1.807) is 0 Å². The molecule has 1 atom stereocenters. The topological polar surface area (TPSA) is 18.5 Å². The van der Waals surface area contributed by atoms with Crippen LogP contribution in [0.15, 0.2) is 60.7 Å². The third-order valence-corrected chi connectivity index (χ3v) is 5.86. The summed E-state index contributed by atoms with van der Waals surface area (Å²) in [6.07, 6.45) is 0. The number of ether oxygens (including phenoxy) is 1. The Bertz CT molecular complexity index is 636. The van der Waals surface area contributed by atoms with Crippen LogP contribution in [0, 0.1) is 5.92 Å². The molecule has 0 spiro atoms. The summed E-state index contributed by atoms with van der Waals surface area (Å²) in [5, 5.41) is 0. The van der Waals surface area contributed by atoms with E-state index in [1.165, 1.54) is 11.1 Å². The lowest BCUT2D eigenvalue weighted by atomic mass is 9.64. The van der Waals surface area contributed by atoms with E-state index in [4.69, 9.17) is 9.16 Å². The molecule has 2 aromatic rings. The first-order chi connectivity index (χ1) is 11.3. The SMILES string of the molecule is CC(C)C1(O[Si](C)(C)C)COC1(c1ccccc1)c1ccccc1. The lowest BCUT2D eigenvalue weighted by molar-refractivity contribution is -0.301. The standard InChI is InChI=1S/C21H28O2Si/c1-17(2)20(23-24(3,4)5)16-22-21(20,18-12-8-6-9-13-18)19-14-10-7-11-15-19/h6-15,17H,16H2,1-5H3. The Morgan fingerprint density at radius 1 is 0.875 bits per heavy atom. The van der Waals surface area contributed by atoms with Crippen molar-refractivity contribution in [2.75, 3.05) is 6.61 Å². The van der Waals surface area contributed by atoms with Gasteiger partial charge in [0.1, 0.15) is 11.2 Å². The number of rotatable bonds is 5. The highest BCUT2D eigenvalue weighted by Crippen LogP contribution is 2.56. The quantitative estimate of drug-likeness (QED) is 0.696. The van der Waals surface area contributed by atoms with Crippen LogP contribution in [0.5, 0.6) is 0 Å². The zero-order valence-electron chi connectivity index (χ0n) is 15.4. The Morgan fingerprint density at radius 3 is 1.62 bits per heavy atom. The van der Waals surface area contributed by atoms with Crippen LogP contribution in [0.1, 0.15) is 25.0 Å². The molecule has 1 heterocycles. The first kappa shape index (κ1) is 17.4. The monoisotopic (exact) mass is 340 g/mol. The number of hydrogen-bond donors (Lipinski definition) is 0. The molecule has 1 aliphatic heterocycles. The minimum Gasteiger partial charge on any atom is -0.406 e. The van der Waals surface area contributed by atoms with Crippen LogP contribution in [0.3, 0.4) is 0 Å². The molecule has 24 heavy (non-hydrogen) atoms. The summed E-state index contributed by atoms with van der Waals surface area (Å²) in [4.78, 5) is 0. The summed E-state index contributed by atoms with van der Waals surface area (Å²) < 4.78 is 13.3. The minimum atomic E-state index is -1.76. The number of hydrogen-bond acceptors (Lipinski definition) is 2. The molecular weight excluding hydrogens is 312 g/mol. The molecule has 1 fully saturated rings. The summed E-state index contributed by atoms with van der Waals surface area (Å²) in [7, 11) is -1.76. The maximum Gasteiger partial charge on any atom is 0.184 e. The second kappa shape index (κ2) is 6.14. The molecule has 0 radical (unpaired) electrons. The Morgan fingerprint density at radius 2 is 1.33 bits per heavy atom. The molecule has 2 aromatic carbocycles. The molecule has 3 heteroatoms. The summed E-state index contributed by atoms with van der Waals surface area (Å²) in [6, 6.07) is 21.1. The fourth-order valence-corrected chi connectivity index (χ4v) is 5.40. The third-order valence-electron chi connectivity index (χ3n) is 4.88. The molecule has 0 aromatic heterocycles. The van der Waals surface area contributed by atoms with Gasteiger partial charge in [-0.25, -0.2) is 0 Å². The molecule has 0 bridgehead atoms. The lowest BCUT2D eigenvalue weighted by Gasteiger charge is -2.62. The van der Waals surface area contributed by atoms with Gasteiger partial charge in [0.05, 0.1) is 6.61 Å². The predicted molar refractivity (Wildman–Crippen MR) is 102 cm³/mol. The molecule has 0 amide bonds. The summed E-state index contributed by atoms with van der Waals surface area (Å²) in [6.45, 7) is 11.9. The van der Waals surface area contributed by atoms with Crippen LogP contribution >= 0.6 is 0 Å². The Labute approximate surface area is 146 Å². The average Bonchev–Trinajstić information content (AvgIpc) is 2.53. The van der Waals surface area contributed by atoms with E-state index in [9.17, 15) is 0 Å². The largest absolute Gasteiger partial charge is 0.406 e. The first-order valence-corrected chi connectivity index (χ1v) is 12.2. The van der Waals surface area contributed by atoms with Crippen LogP contribution < -0.4 is 0 Å². The van der Waals surface area contributed by atoms with Crippen LogP contribution in [-0.2, 0) is 14.8 Å². The molecule has 1 aliphatic rings. The van der Waals surface area contributed by atoms with Crippen LogP contribution in [-0.4, -0.2) is 20.5 Å². The van der Waals surface area contributed by atoms with Gasteiger partial charge in [-0.15, -0.1) is 0 Å². The molecular formula is C21H28O2Si. The summed E-state index contributed by atoms with van der Waals surface area (Å²) in [5.41, 5.74) is 1.48. The zero-order valence-corrected chi connectivity index (χ0v) is 16.4. The smallest absolute Gasteiger partial charge is 0.184 e. The fraction of sp³-hybridized carbons (Fsp3) is 0.429. The lowest BCUT2D eigenvalue weighted by Crippen LogP contribution is -2.72. The molecule has 0 aliphatic carbocycles. The van der Waals surface area contributed by atoms with E-state index in [2.05, 4.69) is 94.2 Å². The van der Waals surface area contributed by atoms with Gasteiger partial charge in [0.2, 0.25) is 0 Å².